The van der Waals surface area contributed by atoms with Gasteiger partial charge in [-0.3, -0.25) is 4.79 Å². The molecule has 7 heteroatoms. The van der Waals surface area contributed by atoms with Crippen molar-refractivity contribution in [1.82, 2.24) is 10.2 Å². The van der Waals surface area contributed by atoms with Crippen LogP contribution in [0.15, 0.2) is 24.3 Å². The molecule has 0 heterocycles. The molecule has 2 saturated carbocycles. The highest BCUT2D eigenvalue weighted by Crippen LogP contribution is 2.43. The van der Waals surface area contributed by atoms with Crippen molar-refractivity contribution in [3.05, 3.63) is 29.8 Å². The molecule has 7 nitrogen and oxygen atoms in total. The summed E-state index contributed by atoms with van der Waals surface area (Å²) in [6.07, 6.45) is 7.82. The van der Waals surface area contributed by atoms with Crippen LogP contribution in [0.5, 0.6) is 5.75 Å². The van der Waals surface area contributed by atoms with Crippen LogP contribution in [0.4, 0.5) is 4.79 Å². The van der Waals surface area contributed by atoms with Gasteiger partial charge in [0.25, 0.3) is 0 Å². The summed E-state index contributed by atoms with van der Waals surface area (Å²) in [6, 6.07) is 7.45. The molecule has 2 fully saturated rings. The number of esters is 1. The average Bonchev–Trinajstić information content (AvgIpc) is 2.79. The third kappa shape index (κ3) is 8.20. The number of carbonyl (C=O) groups excluding carboxylic acids is 2. The molecule has 1 aromatic rings. The van der Waals surface area contributed by atoms with Crippen molar-refractivity contribution in [2.45, 2.75) is 89.8 Å². The van der Waals surface area contributed by atoms with Gasteiger partial charge in [-0.05, 0) is 90.1 Å². The number of hydrogen-bond acceptors (Lipinski definition) is 6. The van der Waals surface area contributed by atoms with E-state index in [1.54, 1.807) is 6.07 Å². The zero-order valence-electron chi connectivity index (χ0n) is 22.8. The standard InChI is InChI=1S/C29H46N2O5/c1-28(2,3)36-27(33)30-19-22-12-7-6-11-21(22)17-26(32)35-25-15-10-14-23(18-25)29(34)16-9-8-13-24(29)20-31(4)5/h10,14-15,18,21-22,24,34H,6-9,11-13,16-17,19-20H2,1-5H3,(H,30,33)/t21?,22?,24-,29-/m0/s1. The largest absolute Gasteiger partial charge is 0.444 e. The van der Waals surface area contributed by atoms with Crippen LogP contribution in [0, 0.1) is 17.8 Å². The first-order chi connectivity index (χ1) is 17.0. The molecular formula is C29H46N2O5. The first kappa shape index (κ1) is 28.5. The van der Waals surface area contributed by atoms with Crippen LogP contribution in [-0.2, 0) is 15.1 Å². The van der Waals surface area contributed by atoms with Crippen LogP contribution in [0.2, 0.25) is 0 Å². The molecule has 2 unspecified atom stereocenters. The van der Waals surface area contributed by atoms with Crippen molar-refractivity contribution in [2.75, 3.05) is 27.2 Å². The minimum atomic E-state index is -0.910. The Morgan fingerprint density at radius 1 is 1.08 bits per heavy atom. The number of nitrogens with zero attached hydrogens (tertiary/aromatic N) is 1. The summed E-state index contributed by atoms with van der Waals surface area (Å²) in [5.74, 6) is 0.755. The minimum Gasteiger partial charge on any atom is -0.444 e. The fraction of sp³-hybridized carbons (Fsp3) is 0.724. The molecule has 4 atom stereocenters. The van der Waals surface area contributed by atoms with E-state index >= 15 is 0 Å². The topological polar surface area (TPSA) is 88.1 Å². The van der Waals surface area contributed by atoms with Crippen LogP contribution >= 0.6 is 0 Å². The van der Waals surface area contributed by atoms with Gasteiger partial charge < -0.3 is 24.8 Å². The summed E-state index contributed by atoms with van der Waals surface area (Å²) in [5.41, 5.74) is -0.616. The van der Waals surface area contributed by atoms with Crippen molar-refractivity contribution in [2.24, 2.45) is 17.8 Å². The van der Waals surface area contributed by atoms with Gasteiger partial charge in [0.05, 0.1) is 5.60 Å². The van der Waals surface area contributed by atoms with Crippen molar-refractivity contribution in [3.63, 3.8) is 0 Å². The molecule has 0 aromatic heterocycles. The Bertz CT molecular complexity index is 881. The second-order valence-corrected chi connectivity index (χ2v) is 12.0. The lowest BCUT2D eigenvalue weighted by Crippen LogP contribution is -2.43. The van der Waals surface area contributed by atoms with E-state index in [0.717, 1.165) is 63.5 Å². The molecule has 1 aromatic carbocycles. The fourth-order valence-electron chi connectivity index (χ4n) is 5.86. The minimum absolute atomic E-state index is 0.146. The Morgan fingerprint density at radius 3 is 2.47 bits per heavy atom. The summed E-state index contributed by atoms with van der Waals surface area (Å²) in [7, 11) is 4.07. The van der Waals surface area contributed by atoms with Crippen LogP contribution in [-0.4, -0.2) is 54.9 Å². The van der Waals surface area contributed by atoms with E-state index in [9.17, 15) is 14.7 Å². The van der Waals surface area contributed by atoms with Gasteiger partial charge in [-0.2, -0.15) is 0 Å². The molecule has 202 valence electrons. The maximum Gasteiger partial charge on any atom is 0.407 e. The lowest BCUT2D eigenvalue weighted by Gasteiger charge is -2.41. The van der Waals surface area contributed by atoms with E-state index in [1.807, 2.05) is 53.1 Å². The van der Waals surface area contributed by atoms with E-state index < -0.39 is 17.3 Å². The molecule has 1 amide bonds. The van der Waals surface area contributed by atoms with Gasteiger partial charge in [-0.25, -0.2) is 4.79 Å². The molecule has 0 aliphatic heterocycles. The normalized spacial score (nSPS) is 26.9. The van der Waals surface area contributed by atoms with Gasteiger partial charge in [-0.15, -0.1) is 0 Å². The zero-order chi connectivity index (χ0) is 26.3. The Morgan fingerprint density at radius 2 is 1.78 bits per heavy atom. The highest BCUT2D eigenvalue weighted by atomic mass is 16.6. The molecule has 0 saturated heterocycles. The first-order valence-corrected chi connectivity index (χ1v) is 13.6. The monoisotopic (exact) mass is 502 g/mol. The van der Waals surface area contributed by atoms with Crippen LogP contribution in [0.25, 0.3) is 0 Å². The van der Waals surface area contributed by atoms with E-state index in [0.29, 0.717) is 18.7 Å². The van der Waals surface area contributed by atoms with E-state index in [4.69, 9.17) is 9.47 Å². The van der Waals surface area contributed by atoms with Gasteiger partial charge in [0.15, 0.2) is 0 Å². The fourth-order valence-corrected chi connectivity index (χ4v) is 5.86. The van der Waals surface area contributed by atoms with Crippen LogP contribution in [0.3, 0.4) is 0 Å². The van der Waals surface area contributed by atoms with Gasteiger partial charge in [0.1, 0.15) is 11.4 Å². The molecule has 0 radical (unpaired) electrons. The smallest absolute Gasteiger partial charge is 0.407 e. The number of aliphatic hydroxyl groups is 1. The Kier molecular flexibility index (Phi) is 9.81. The molecule has 2 aliphatic rings. The predicted molar refractivity (Wildman–Crippen MR) is 141 cm³/mol. The summed E-state index contributed by atoms with van der Waals surface area (Å²) in [4.78, 5) is 27.1. The van der Waals surface area contributed by atoms with Gasteiger partial charge in [-0.1, -0.05) is 37.8 Å². The molecule has 2 N–H and O–H groups in total. The van der Waals surface area contributed by atoms with Gasteiger partial charge in [0, 0.05) is 25.4 Å². The van der Waals surface area contributed by atoms with Crippen molar-refractivity contribution < 1.29 is 24.2 Å². The third-order valence-corrected chi connectivity index (χ3v) is 7.59. The second kappa shape index (κ2) is 12.4. The Balaban J connectivity index is 1.61. The molecule has 36 heavy (non-hydrogen) atoms. The highest BCUT2D eigenvalue weighted by molar-refractivity contribution is 5.73. The summed E-state index contributed by atoms with van der Waals surface area (Å²) < 4.78 is 11.1. The zero-order valence-corrected chi connectivity index (χ0v) is 22.8. The number of ether oxygens (including phenoxy) is 2. The summed E-state index contributed by atoms with van der Waals surface area (Å²) >= 11 is 0. The van der Waals surface area contributed by atoms with E-state index in [-0.39, 0.29) is 23.7 Å². The van der Waals surface area contributed by atoms with Crippen molar-refractivity contribution in [1.29, 1.82) is 0 Å². The molecule has 3 rings (SSSR count). The van der Waals surface area contributed by atoms with E-state index in [2.05, 4.69) is 10.2 Å². The van der Waals surface area contributed by atoms with Gasteiger partial charge >= 0.3 is 12.1 Å². The van der Waals surface area contributed by atoms with Crippen LogP contribution < -0.4 is 10.1 Å². The SMILES string of the molecule is CN(C)C[C@@H]1CCCC[C@]1(O)c1cccc(OC(=O)CC2CCCCC2CNC(=O)OC(C)(C)C)c1. The predicted octanol–water partition coefficient (Wildman–Crippen LogP) is 5.25. The number of alkyl carbamates (subject to hydrolysis) is 1. The number of benzene rings is 1. The summed E-state index contributed by atoms with van der Waals surface area (Å²) in [5, 5.41) is 14.6. The maximum absolute atomic E-state index is 12.9. The second-order valence-electron chi connectivity index (χ2n) is 12.0. The van der Waals surface area contributed by atoms with Crippen LogP contribution in [0.1, 0.15) is 84.1 Å². The average molecular weight is 503 g/mol. The van der Waals surface area contributed by atoms with Crippen molar-refractivity contribution in [3.8, 4) is 5.75 Å². The summed E-state index contributed by atoms with van der Waals surface area (Å²) in [6.45, 7) is 6.85. The quantitative estimate of drug-likeness (QED) is 0.373. The molecular weight excluding hydrogens is 456 g/mol. The Labute approximate surface area is 216 Å². The number of nitrogens with one attached hydrogen (secondary N) is 1. The maximum atomic E-state index is 12.9. The third-order valence-electron chi connectivity index (χ3n) is 7.59. The highest BCUT2D eigenvalue weighted by Gasteiger charge is 2.40. The molecule has 0 bridgehead atoms. The molecule has 0 spiro atoms. The molecule has 2 aliphatic carbocycles. The number of carbonyl (C=O) groups is 2. The van der Waals surface area contributed by atoms with Crippen molar-refractivity contribution >= 4 is 12.1 Å². The Hall–Kier alpha value is -2.12. The number of amides is 1. The van der Waals surface area contributed by atoms with Gasteiger partial charge in [0.2, 0.25) is 0 Å². The lowest BCUT2D eigenvalue weighted by molar-refractivity contribution is -0.136. The number of rotatable bonds is 8. The number of hydrogen-bond donors (Lipinski definition) is 2. The van der Waals surface area contributed by atoms with E-state index in [1.165, 1.54) is 0 Å². The lowest BCUT2D eigenvalue weighted by atomic mass is 9.71. The first-order valence-electron chi connectivity index (χ1n) is 13.6.